The lowest BCUT2D eigenvalue weighted by Crippen LogP contribution is -2.16. The van der Waals surface area contributed by atoms with Crippen molar-refractivity contribution in [1.29, 1.82) is 0 Å². The molecule has 0 fully saturated rings. The fourth-order valence-corrected chi connectivity index (χ4v) is 8.72. The maximum Gasteiger partial charge on any atom is 0.0547 e. The lowest BCUT2D eigenvalue weighted by atomic mass is 9.82. The number of para-hydroxylation sites is 2. The topological polar surface area (TPSA) is 8.17 Å². The molecule has 0 bridgehead atoms. The van der Waals surface area contributed by atoms with Crippen LogP contribution in [0.25, 0.3) is 60.9 Å². The van der Waals surface area contributed by atoms with Crippen molar-refractivity contribution in [2.75, 3.05) is 4.90 Å². The van der Waals surface area contributed by atoms with Crippen LogP contribution < -0.4 is 4.90 Å². The molecule has 252 valence electrons. The number of hydrogen-bond acceptors (Lipinski definition) is 1. The molecule has 10 rings (SSSR count). The van der Waals surface area contributed by atoms with Crippen molar-refractivity contribution in [2.24, 2.45) is 0 Å². The molecule has 0 spiro atoms. The summed E-state index contributed by atoms with van der Waals surface area (Å²) in [5, 5.41) is 2.46. The first-order valence-corrected chi connectivity index (χ1v) is 18.4. The maximum atomic E-state index is 2.42. The summed E-state index contributed by atoms with van der Waals surface area (Å²) in [6.45, 7) is 4.71. The highest BCUT2D eigenvalue weighted by atomic mass is 15.1. The molecule has 53 heavy (non-hydrogen) atoms. The van der Waals surface area contributed by atoms with Gasteiger partial charge in [-0.25, -0.2) is 0 Å². The van der Waals surface area contributed by atoms with Gasteiger partial charge in [-0.05, 0) is 105 Å². The van der Waals surface area contributed by atoms with Crippen molar-refractivity contribution < 1.29 is 0 Å². The number of anilines is 3. The first kappa shape index (κ1) is 31.1. The minimum absolute atomic E-state index is 0.0988. The average molecular weight is 679 g/mol. The summed E-state index contributed by atoms with van der Waals surface area (Å²) in [7, 11) is 0. The minimum atomic E-state index is -0.0988. The molecule has 1 aromatic heterocycles. The Balaban J connectivity index is 1.24. The van der Waals surface area contributed by atoms with Gasteiger partial charge in [0.1, 0.15) is 0 Å². The van der Waals surface area contributed by atoms with Gasteiger partial charge in [0.2, 0.25) is 0 Å². The first-order valence-electron chi connectivity index (χ1n) is 18.4. The molecule has 0 atom stereocenters. The fraction of sp³-hybridized carbons (Fsp3) is 0.0588. The molecule has 9 aromatic rings. The molecule has 0 radical (unpaired) electrons. The van der Waals surface area contributed by atoms with E-state index < -0.39 is 0 Å². The quantitative estimate of drug-likeness (QED) is 0.170. The van der Waals surface area contributed by atoms with E-state index in [0.29, 0.717) is 0 Å². The molecular weight excluding hydrogens is 641 g/mol. The SMILES string of the molecule is CC1(C)c2ccccc2-c2ccc(N(c3ccccc3)c3ccc4c(c3)c3c(-c5ccccc5-c5ccccc5)cccc3n4-c3ccccc3)cc21. The molecule has 0 saturated carbocycles. The van der Waals surface area contributed by atoms with E-state index in [1.807, 2.05) is 0 Å². The highest BCUT2D eigenvalue weighted by Gasteiger charge is 2.35. The molecule has 1 aliphatic rings. The zero-order chi connectivity index (χ0) is 35.5. The van der Waals surface area contributed by atoms with Crippen LogP contribution in [0.2, 0.25) is 0 Å². The van der Waals surface area contributed by atoms with Gasteiger partial charge < -0.3 is 9.47 Å². The number of aromatic nitrogens is 1. The lowest BCUT2D eigenvalue weighted by Gasteiger charge is -2.28. The van der Waals surface area contributed by atoms with E-state index in [4.69, 9.17) is 0 Å². The maximum absolute atomic E-state index is 2.42. The molecule has 0 aliphatic heterocycles. The van der Waals surface area contributed by atoms with E-state index in [0.717, 1.165) is 22.7 Å². The number of benzene rings is 8. The van der Waals surface area contributed by atoms with Crippen LogP contribution in [-0.2, 0) is 5.41 Å². The van der Waals surface area contributed by atoms with Crippen LogP contribution in [-0.4, -0.2) is 4.57 Å². The van der Waals surface area contributed by atoms with E-state index >= 15 is 0 Å². The number of rotatable bonds is 6. The molecule has 0 N–H and O–H groups in total. The third-order valence-electron chi connectivity index (χ3n) is 11.2. The second kappa shape index (κ2) is 12.3. The van der Waals surface area contributed by atoms with Gasteiger partial charge in [0.25, 0.3) is 0 Å². The van der Waals surface area contributed by atoms with Gasteiger partial charge in [-0.3, -0.25) is 0 Å². The molecule has 0 amide bonds. The molecular formula is C51H38N2. The predicted octanol–water partition coefficient (Wildman–Crippen LogP) is 13.9. The smallest absolute Gasteiger partial charge is 0.0547 e. The van der Waals surface area contributed by atoms with Crippen molar-refractivity contribution in [3.63, 3.8) is 0 Å². The molecule has 1 aliphatic carbocycles. The van der Waals surface area contributed by atoms with Crippen molar-refractivity contribution in [2.45, 2.75) is 19.3 Å². The third-order valence-corrected chi connectivity index (χ3v) is 11.2. The van der Waals surface area contributed by atoms with E-state index in [2.05, 4.69) is 217 Å². The Labute approximate surface area is 310 Å². The predicted molar refractivity (Wildman–Crippen MR) is 224 cm³/mol. The Hall–Kier alpha value is -6.64. The van der Waals surface area contributed by atoms with Crippen LogP contribution in [0.4, 0.5) is 17.1 Å². The van der Waals surface area contributed by atoms with Crippen LogP contribution in [0, 0.1) is 0 Å². The van der Waals surface area contributed by atoms with Gasteiger partial charge in [0.15, 0.2) is 0 Å². The summed E-state index contributed by atoms with van der Waals surface area (Å²) in [5.74, 6) is 0. The van der Waals surface area contributed by atoms with Crippen molar-refractivity contribution in [3.8, 4) is 39.1 Å². The van der Waals surface area contributed by atoms with Gasteiger partial charge in [0.05, 0.1) is 11.0 Å². The van der Waals surface area contributed by atoms with Gasteiger partial charge in [-0.2, -0.15) is 0 Å². The normalized spacial score (nSPS) is 12.9. The molecule has 2 heteroatoms. The first-order chi connectivity index (χ1) is 26.1. The Morgan fingerprint density at radius 3 is 1.75 bits per heavy atom. The standard InChI is InChI=1S/C51H38N2/c1-51(2)46-27-15-14-25-42(46)43-31-29-39(34-47(43)51)52(36-19-8-4-9-20-36)38-30-32-48-45(33-38)50-44(26-16-28-49(50)53(48)37-21-10-5-11-22-37)41-24-13-12-23-40(41)35-17-6-3-7-18-35/h3-34H,1-2H3. The summed E-state index contributed by atoms with van der Waals surface area (Å²) in [6, 6.07) is 70.8. The Bertz CT molecular complexity index is 2790. The number of fused-ring (bicyclic) bond motifs is 6. The number of hydrogen-bond donors (Lipinski definition) is 0. The highest BCUT2D eigenvalue weighted by Crippen LogP contribution is 2.51. The lowest BCUT2D eigenvalue weighted by molar-refractivity contribution is 0.660. The largest absolute Gasteiger partial charge is 0.310 e. The van der Waals surface area contributed by atoms with E-state index in [1.54, 1.807) is 0 Å². The second-order valence-electron chi connectivity index (χ2n) is 14.6. The van der Waals surface area contributed by atoms with E-state index in [1.165, 1.54) is 66.3 Å². The van der Waals surface area contributed by atoms with Gasteiger partial charge in [-0.15, -0.1) is 0 Å². The zero-order valence-corrected chi connectivity index (χ0v) is 29.9. The Kier molecular flexibility index (Phi) is 7.19. The molecule has 0 unspecified atom stereocenters. The van der Waals surface area contributed by atoms with E-state index in [-0.39, 0.29) is 5.41 Å². The zero-order valence-electron chi connectivity index (χ0n) is 29.9. The van der Waals surface area contributed by atoms with Crippen LogP contribution in [0.3, 0.4) is 0 Å². The molecule has 0 saturated heterocycles. The van der Waals surface area contributed by atoms with Gasteiger partial charge in [-0.1, -0.05) is 147 Å². The second-order valence-corrected chi connectivity index (χ2v) is 14.6. The molecule has 1 heterocycles. The van der Waals surface area contributed by atoms with Crippen LogP contribution in [0.5, 0.6) is 0 Å². The average Bonchev–Trinajstić information content (AvgIpc) is 3.67. The monoisotopic (exact) mass is 678 g/mol. The van der Waals surface area contributed by atoms with Crippen molar-refractivity contribution in [3.05, 3.63) is 205 Å². The van der Waals surface area contributed by atoms with Crippen molar-refractivity contribution >= 4 is 38.9 Å². The molecule has 2 nitrogen and oxygen atoms in total. The highest BCUT2D eigenvalue weighted by molar-refractivity contribution is 6.17. The summed E-state index contributed by atoms with van der Waals surface area (Å²) < 4.78 is 2.42. The number of nitrogens with zero attached hydrogens (tertiary/aromatic N) is 2. The van der Waals surface area contributed by atoms with Crippen LogP contribution >= 0.6 is 0 Å². The summed E-state index contributed by atoms with van der Waals surface area (Å²) in [4.78, 5) is 2.42. The van der Waals surface area contributed by atoms with Crippen LogP contribution in [0.1, 0.15) is 25.0 Å². The summed E-state index contributed by atoms with van der Waals surface area (Å²) in [6.07, 6.45) is 0. The van der Waals surface area contributed by atoms with Gasteiger partial charge in [0, 0.05) is 38.9 Å². The molecule has 8 aromatic carbocycles. The van der Waals surface area contributed by atoms with Gasteiger partial charge >= 0.3 is 0 Å². The van der Waals surface area contributed by atoms with Crippen LogP contribution in [0.15, 0.2) is 194 Å². The van der Waals surface area contributed by atoms with E-state index in [9.17, 15) is 0 Å². The summed E-state index contributed by atoms with van der Waals surface area (Å²) in [5.41, 5.74) is 17.1. The third kappa shape index (κ3) is 4.94. The summed E-state index contributed by atoms with van der Waals surface area (Å²) >= 11 is 0. The fourth-order valence-electron chi connectivity index (χ4n) is 8.72. The Morgan fingerprint density at radius 1 is 0.396 bits per heavy atom. The minimum Gasteiger partial charge on any atom is -0.310 e. The van der Waals surface area contributed by atoms with Crippen molar-refractivity contribution in [1.82, 2.24) is 4.57 Å². The Morgan fingerprint density at radius 2 is 0.981 bits per heavy atom.